The molecule has 0 aliphatic carbocycles. The molecular formula is C11H14N2O2. The Labute approximate surface area is 88.3 Å². The smallest absolute Gasteiger partial charge is 0.144 e. The Hall–Kier alpha value is -1.42. The number of anilines is 2. The Morgan fingerprint density at radius 1 is 1.47 bits per heavy atom. The van der Waals surface area contributed by atoms with Gasteiger partial charge < -0.3 is 20.5 Å². The summed E-state index contributed by atoms with van der Waals surface area (Å²) in [6.45, 7) is 1.45. The van der Waals surface area contributed by atoms with E-state index in [2.05, 4.69) is 4.90 Å². The first-order valence-electron chi connectivity index (χ1n) is 5.23. The monoisotopic (exact) mass is 206 g/mol. The Balaban J connectivity index is 2.02. The SMILES string of the molecule is Nc1ccc2c(c1)OCC1C(O)CCN21. The lowest BCUT2D eigenvalue weighted by Crippen LogP contribution is -2.43. The second kappa shape index (κ2) is 3.03. The number of nitrogens with two attached hydrogens (primary N) is 1. The van der Waals surface area contributed by atoms with Gasteiger partial charge in [-0.25, -0.2) is 0 Å². The van der Waals surface area contributed by atoms with E-state index in [9.17, 15) is 5.11 Å². The molecular weight excluding hydrogens is 192 g/mol. The van der Waals surface area contributed by atoms with E-state index in [0.29, 0.717) is 12.3 Å². The van der Waals surface area contributed by atoms with Crippen LogP contribution in [0.15, 0.2) is 18.2 Å². The molecule has 80 valence electrons. The summed E-state index contributed by atoms with van der Waals surface area (Å²) < 4.78 is 5.61. The third kappa shape index (κ3) is 1.25. The largest absolute Gasteiger partial charge is 0.489 e. The van der Waals surface area contributed by atoms with Crippen LogP contribution < -0.4 is 15.4 Å². The molecule has 2 heterocycles. The van der Waals surface area contributed by atoms with E-state index in [0.717, 1.165) is 24.4 Å². The molecule has 2 unspecified atom stereocenters. The van der Waals surface area contributed by atoms with Crippen LogP contribution in [-0.4, -0.2) is 30.4 Å². The van der Waals surface area contributed by atoms with Crippen LogP contribution >= 0.6 is 0 Å². The summed E-state index contributed by atoms with van der Waals surface area (Å²) in [5, 5.41) is 9.76. The molecule has 2 atom stereocenters. The number of hydrogen-bond donors (Lipinski definition) is 2. The van der Waals surface area contributed by atoms with Gasteiger partial charge in [-0.2, -0.15) is 0 Å². The van der Waals surface area contributed by atoms with Crippen LogP contribution in [0.3, 0.4) is 0 Å². The minimum absolute atomic E-state index is 0.112. The van der Waals surface area contributed by atoms with Gasteiger partial charge in [-0.15, -0.1) is 0 Å². The summed E-state index contributed by atoms with van der Waals surface area (Å²) in [7, 11) is 0. The van der Waals surface area contributed by atoms with Gasteiger partial charge in [0.2, 0.25) is 0 Å². The van der Waals surface area contributed by atoms with Gasteiger partial charge >= 0.3 is 0 Å². The molecule has 3 N–H and O–H groups in total. The number of nitrogen functional groups attached to an aromatic ring is 1. The maximum atomic E-state index is 9.76. The molecule has 1 saturated heterocycles. The molecule has 0 bridgehead atoms. The van der Waals surface area contributed by atoms with Crippen molar-refractivity contribution in [3.8, 4) is 5.75 Å². The fraction of sp³-hybridized carbons (Fsp3) is 0.455. The van der Waals surface area contributed by atoms with Crippen LogP contribution in [0.4, 0.5) is 11.4 Å². The Kier molecular flexibility index (Phi) is 1.79. The number of fused-ring (bicyclic) bond motifs is 3. The first kappa shape index (κ1) is 8.85. The summed E-state index contributed by atoms with van der Waals surface area (Å²) in [6, 6.07) is 5.79. The van der Waals surface area contributed by atoms with Crippen molar-refractivity contribution in [3.05, 3.63) is 18.2 Å². The minimum Gasteiger partial charge on any atom is -0.489 e. The van der Waals surface area contributed by atoms with Crippen molar-refractivity contribution in [2.24, 2.45) is 0 Å². The Morgan fingerprint density at radius 3 is 3.20 bits per heavy atom. The van der Waals surface area contributed by atoms with E-state index < -0.39 is 0 Å². The van der Waals surface area contributed by atoms with E-state index in [1.54, 1.807) is 0 Å². The van der Waals surface area contributed by atoms with Crippen LogP contribution in [0.25, 0.3) is 0 Å². The van der Waals surface area contributed by atoms with Crippen molar-refractivity contribution in [1.29, 1.82) is 0 Å². The molecule has 1 aromatic rings. The normalized spacial score (nSPS) is 28.2. The van der Waals surface area contributed by atoms with Crippen molar-refractivity contribution >= 4 is 11.4 Å². The first-order chi connectivity index (χ1) is 7.25. The average molecular weight is 206 g/mol. The molecule has 1 aromatic carbocycles. The van der Waals surface area contributed by atoms with Crippen LogP contribution in [-0.2, 0) is 0 Å². The summed E-state index contributed by atoms with van der Waals surface area (Å²) in [6.07, 6.45) is 0.549. The summed E-state index contributed by atoms with van der Waals surface area (Å²) in [5.41, 5.74) is 7.47. The molecule has 0 spiro atoms. The molecule has 15 heavy (non-hydrogen) atoms. The van der Waals surface area contributed by atoms with Gasteiger partial charge in [0.05, 0.1) is 17.8 Å². The van der Waals surface area contributed by atoms with Crippen LogP contribution in [0.2, 0.25) is 0 Å². The topological polar surface area (TPSA) is 58.7 Å². The highest BCUT2D eigenvalue weighted by molar-refractivity contribution is 5.66. The molecule has 2 aliphatic heterocycles. The first-order valence-corrected chi connectivity index (χ1v) is 5.23. The Morgan fingerprint density at radius 2 is 2.33 bits per heavy atom. The second-order valence-corrected chi connectivity index (χ2v) is 4.15. The second-order valence-electron chi connectivity index (χ2n) is 4.15. The summed E-state index contributed by atoms with van der Waals surface area (Å²) in [5.74, 6) is 0.834. The zero-order valence-corrected chi connectivity index (χ0v) is 8.39. The summed E-state index contributed by atoms with van der Waals surface area (Å²) >= 11 is 0. The zero-order valence-electron chi connectivity index (χ0n) is 8.39. The van der Waals surface area contributed by atoms with Crippen LogP contribution in [0, 0.1) is 0 Å². The molecule has 4 heteroatoms. The average Bonchev–Trinajstić information content (AvgIpc) is 2.60. The van der Waals surface area contributed by atoms with Crippen molar-refractivity contribution in [1.82, 2.24) is 0 Å². The fourth-order valence-corrected chi connectivity index (χ4v) is 2.40. The van der Waals surface area contributed by atoms with E-state index in [4.69, 9.17) is 10.5 Å². The number of aliphatic hydroxyl groups excluding tert-OH is 1. The number of ether oxygens (including phenoxy) is 1. The van der Waals surface area contributed by atoms with Crippen molar-refractivity contribution in [2.45, 2.75) is 18.6 Å². The van der Waals surface area contributed by atoms with E-state index in [-0.39, 0.29) is 12.1 Å². The number of nitrogens with zero attached hydrogens (tertiary/aromatic N) is 1. The number of hydrogen-bond acceptors (Lipinski definition) is 4. The molecule has 3 rings (SSSR count). The highest BCUT2D eigenvalue weighted by Crippen LogP contribution is 2.38. The van der Waals surface area contributed by atoms with Gasteiger partial charge in [0.25, 0.3) is 0 Å². The maximum absolute atomic E-state index is 9.76. The summed E-state index contributed by atoms with van der Waals surface area (Å²) in [4.78, 5) is 2.21. The quantitative estimate of drug-likeness (QED) is 0.610. The predicted molar refractivity (Wildman–Crippen MR) is 58.1 cm³/mol. The van der Waals surface area contributed by atoms with Gasteiger partial charge in [-0.05, 0) is 18.6 Å². The lowest BCUT2D eigenvalue weighted by atomic mass is 10.1. The lowest BCUT2D eigenvalue weighted by Gasteiger charge is -2.34. The van der Waals surface area contributed by atoms with Crippen LogP contribution in [0.5, 0.6) is 5.75 Å². The molecule has 4 nitrogen and oxygen atoms in total. The number of aliphatic hydroxyl groups is 1. The number of rotatable bonds is 0. The van der Waals surface area contributed by atoms with Gasteiger partial charge in [-0.3, -0.25) is 0 Å². The van der Waals surface area contributed by atoms with E-state index in [1.807, 2.05) is 18.2 Å². The van der Waals surface area contributed by atoms with Crippen LogP contribution in [0.1, 0.15) is 6.42 Å². The van der Waals surface area contributed by atoms with Crippen molar-refractivity contribution < 1.29 is 9.84 Å². The fourth-order valence-electron chi connectivity index (χ4n) is 2.40. The third-order valence-corrected chi connectivity index (χ3v) is 3.21. The van der Waals surface area contributed by atoms with Crippen molar-refractivity contribution in [3.63, 3.8) is 0 Å². The van der Waals surface area contributed by atoms with Gasteiger partial charge in [-0.1, -0.05) is 0 Å². The molecule has 0 radical (unpaired) electrons. The Bertz CT molecular complexity index is 394. The minimum atomic E-state index is -0.268. The van der Waals surface area contributed by atoms with Gasteiger partial charge in [0, 0.05) is 18.3 Å². The highest BCUT2D eigenvalue weighted by Gasteiger charge is 2.37. The zero-order chi connectivity index (χ0) is 10.4. The van der Waals surface area contributed by atoms with Gasteiger partial charge in [0.1, 0.15) is 12.4 Å². The highest BCUT2D eigenvalue weighted by atomic mass is 16.5. The van der Waals surface area contributed by atoms with Crippen molar-refractivity contribution in [2.75, 3.05) is 23.8 Å². The lowest BCUT2D eigenvalue weighted by molar-refractivity contribution is 0.129. The van der Waals surface area contributed by atoms with Gasteiger partial charge in [0.15, 0.2) is 0 Å². The molecule has 0 aromatic heterocycles. The van der Waals surface area contributed by atoms with E-state index in [1.165, 1.54) is 0 Å². The molecule has 1 fully saturated rings. The molecule has 2 aliphatic rings. The maximum Gasteiger partial charge on any atom is 0.144 e. The van der Waals surface area contributed by atoms with E-state index >= 15 is 0 Å². The molecule has 0 saturated carbocycles. The molecule has 0 amide bonds. The number of benzene rings is 1. The standard InChI is InChI=1S/C11H14N2O2/c12-7-1-2-8-11(5-7)15-6-9-10(14)3-4-13(8)9/h1-2,5,9-10,14H,3-4,6,12H2. The third-order valence-electron chi connectivity index (χ3n) is 3.21. The predicted octanol–water partition coefficient (Wildman–Crippen LogP) is 0.601.